The van der Waals surface area contributed by atoms with Crippen LogP contribution in [0.1, 0.15) is 50.1 Å². The van der Waals surface area contributed by atoms with Gasteiger partial charge in [-0.3, -0.25) is 0 Å². The van der Waals surface area contributed by atoms with Crippen LogP contribution >= 0.6 is 0 Å². The van der Waals surface area contributed by atoms with E-state index < -0.39 is 10.0 Å². The smallest absolute Gasteiger partial charge is 0.291 e. The van der Waals surface area contributed by atoms with Gasteiger partial charge in [0.1, 0.15) is 11.3 Å². The van der Waals surface area contributed by atoms with Gasteiger partial charge in [-0.15, -0.1) is 0 Å². The minimum absolute atomic E-state index is 0.0577. The second-order valence-corrected chi connectivity index (χ2v) is 11.0. The van der Waals surface area contributed by atoms with Gasteiger partial charge in [0.15, 0.2) is 0 Å². The number of aryl methyl sites for hydroxylation is 1. The molecule has 1 atom stereocenters. The number of hydrogen-bond donors (Lipinski definition) is 0. The quantitative estimate of drug-likeness (QED) is 0.540. The van der Waals surface area contributed by atoms with Gasteiger partial charge in [-0.1, -0.05) is 19.1 Å². The summed E-state index contributed by atoms with van der Waals surface area (Å²) in [5.74, 6) is 0.544. The molecule has 0 aliphatic carbocycles. The summed E-state index contributed by atoms with van der Waals surface area (Å²) >= 11 is 0. The van der Waals surface area contributed by atoms with Gasteiger partial charge in [0.05, 0.1) is 11.9 Å². The normalized spacial score (nSPS) is 21.4. The molecule has 11 heteroatoms. The molecule has 2 aromatic heterocycles. The minimum atomic E-state index is -3.16. The van der Waals surface area contributed by atoms with Crippen molar-refractivity contribution in [3.63, 3.8) is 0 Å². The molecule has 33 heavy (non-hydrogen) atoms. The van der Waals surface area contributed by atoms with Gasteiger partial charge >= 0.3 is 0 Å². The molecular weight excluding hydrogens is 447 g/mol. The predicted octanol–water partition coefficient (Wildman–Crippen LogP) is 2.71. The van der Waals surface area contributed by atoms with Crippen LogP contribution in [-0.4, -0.2) is 76.0 Å². The van der Waals surface area contributed by atoms with Crippen molar-refractivity contribution in [2.75, 3.05) is 32.4 Å². The molecule has 0 amide bonds. The Labute approximate surface area is 192 Å². The number of para-hydroxylation sites is 1. The van der Waals surface area contributed by atoms with E-state index in [1.807, 2.05) is 13.0 Å². The van der Waals surface area contributed by atoms with Crippen LogP contribution < -0.4 is 0 Å². The fourth-order valence-electron chi connectivity index (χ4n) is 5.16. The fourth-order valence-corrected chi connectivity index (χ4v) is 6.34. The Balaban J connectivity index is 1.27. The topological polar surface area (TPSA) is 97.4 Å². The summed E-state index contributed by atoms with van der Waals surface area (Å²) in [6, 6.07) is 5.00. The van der Waals surface area contributed by atoms with Gasteiger partial charge in [-0.05, 0) is 56.4 Å². The zero-order chi connectivity index (χ0) is 23.2. The summed E-state index contributed by atoms with van der Waals surface area (Å²) in [6.07, 6.45) is 5.50. The summed E-state index contributed by atoms with van der Waals surface area (Å²) in [5.41, 5.74) is 1.16. The molecule has 2 aliphatic rings. The van der Waals surface area contributed by atoms with Crippen LogP contribution in [0.2, 0.25) is 0 Å². The average Bonchev–Trinajstić information content (AvgIpc) is 3.52. The third-order valence-corrected chi connectivity index (χ3v) is 8.17. The zero-order valence-corrected chi connectivity index (χ0v) is 19.8. The first-order valence-electron chi connectivity index (χ1n) is 11.5. The van der Waals surface area contributed by atoms with E-state index in [4.69, 9.17) is 4.52 Å². The standard InChI is InChI=1S/C22H29FN6O3S/c1-3-19-17-7-4-8-18(23)20(17)29(25-19)22-24-21(32-26-22)15-9-12-27(13-10-15)14-16-6-5-11-28(16)33(2,30)31/h4,7-8,15-16H,3,5-6,9-14H2,1-2H3/t16-/m1/s1. The van der Waals surface area contributed by atoms with E-state index >= 15 is 0 Å². The Hall–Kier alpha value is -2.37. The largest absolute Gasteiger partial charge is 0.337 e. The van der Waals surface area contributed by atoms with Crippen LogP contribution in [0.25, 0.3) is 16.9 Å². The van der Waals surface area contributed by atoms with Crippen molar-refractivity contribution < 1.29 is 17.3 Å². The first-order valence-corrected chi connectivity index (χ1v) is 13.4. The Morgan fingerprint density at radius 2 is 1.97 bits per heavy atom. The van der Waals surface area contributed by atoms with E-state index in [-0.39, 0.29) is 23.7 Å². The molecule has 0 saturated carbocycles. The maximum absolute atomic E-state index is 14.6. The molecule has 0 spiro atoms. The summed E-state index contributed by atoms with van der Waals surface area (Å²) in [6.45, 7) is 5.04. The van der Waals surface area contributed by atoms with Gasteiger partial charge in [0.2, 0.25) is 15.9 Å². The number of likely N-dealkylation sites (tertiary alicyclic amines) is 1. The molecule has 0 bridgehead atoms. The summed E-state index contributed by atoms with van der Waals surface area (Å²) in [5, 5.41) is 9.38. The van der Waals surface area contributed by atoms with Crippen molar-refractivity contribution in [2.24, 2.45) is 0 Å². The number of piperidine rings is 1. The number of fused-ring (bicyclic) bond motifs is 1. The molecule has 3 aromatic rings. The van der Waals surface area contributed by atoms with Crippen LogP contribution in [0.4, 0.5) is 4.39 Å². The number of hydrogen-bond acceptors (Lipinski definition) is 7. The first-order chi connectivity index (χ1) is 15.8. The van der Waals surface area contributed by atoms with Crippen LogP contribution in [0.3, 0.4) is 0 Å². The van der Waals surface area contributed by atoms with Gasteiger partial charge in [-0.2, -0.15) is 19.1 Å². The van der Waals surface area contributed by atoms with E-state index in [2.05, 4.69) is 20.1 Å². The molecule has 0 radical (unpaired) electrons. The Morgan fingerprint density at radius 1 is 1.18 bits per heavy atom. The fraction of sp³-hybridized carbons (Fsp3) is 0.591. The van der Waals surface area contributed by atoms with Crippen LogP contribution in [0, 0.1) is 5.82 Å². The first kappa shape index (κ1) is 22.4. The highest BCUT2D eigenvalue weighted by Gasteiger charge is 2.34. The molecule has 4 heterocycles. The van der Waals surface area contributed by atoms with Crippen LogP contribution in [0.15, 0.2) is 22.7 Å². The van der Waals surface area contributed by atoms with Crippen molar-refractivity contribution in [1.29, 1.82) is 0 Å². The second-order valence-electron chi connectivity index (χ2n) is 9.03. The van der Waals surface area contributed by atoms with Crippen molar-refractivity contribution >= 4 is 20.9 Å². The molecule has 1 aromatic carbocycles. The molecule has 2 aliphatic heterocycles. The number of benzene rings is 1. The molecular formula is C22H29FN6O3S. The van der Waals surface area contributed by atoms with Crippen molar-refractivity contribution in [3.8, 4) is 5.95 Å². The Morgan fingerprint density at radius 3 is 2.70 bits per heavy atom. The number of nitrogens with zero attached hydrogens (tertiary/aromatic N) is 6. The van der Waals surface area contributed by atoms with Crippen molar-refractivity contribution in [2.45, 2.75) is 51.0 Å². The highest BCUT2D eigenvalue weighted by Crippen LogP contribution is 2.30. The lowest BCUT2D eigenvalue weighted by Crippen LogP contribution is -2.45. The monoisotopic (exact) mass is 476 g/mol. The van der Waals surface area contributed by atoms with E-state index in [0.29, 0.717) is 24.4 Å². The van der Waals surface area contributed by atoms with Crippen molar-refractivity contribution in [3.05, 3.63) is 35.6 Å². The van der Waals surface area contributed by atoms with Crippen molar-refractivity contribution in [1.82, 2.24) is 29.1 Å². The number of halogens is 1. The molecule has 178 valence electrons. The maximum Gasteiger partial charge on any atom is 0.291 e. The molecule has 5 rings (SSSR count). The number of rotatable bonds is 6. The average molecular weight is 477 g/mol. The molecule has 2 fully saturated rings. The van der Waals surface area contributed by atoms with Crippen LogP contribution in [0.5, 0.6) is 0 Å². The van der Waals surface area contributed by atoms with Crippen LogP contribution in [-0.2, 0) is 16.4 Å². The Bertz CT molecular complexity index is 1250. The summed E-state index contributed by atoms with van der Waals surface area (Å²) in [4.78, 5) is 6.89. The lowest BCUT2D eigenvalue weighted by Gasteiger charge is -2.34. The summed E-state index contributed by atoms with van der Waals surface area (Å²) in [7, 11) is -3.16. The SMILES string of the molecule is CCc1nn(-c2noc(C3CCN(C[C@H]4CCCN4S(C)(=O)=O)CC3)n2)c2c(F)cccc12. The highest BCUT2D eigenvalue weighted by molar-refractivity contribution is 7.88. The number of aromatic nitrogens is 4. The van der Waals surface area contributed by atoms with Gasteiger partial charge < -0.3 is 9.42 Å². The lowest BCUT2D eigenvalue weighted by atomic mass is 9.96. The second kappa shape index (κ2) is 8.77. The predicted molar refractivity (Wildman–Crippen MR) is 121 cm³/mol. The van der Waals surface area contributed by atoms with E-state index in [1.165, 1.54) is 17.0 Å². The highest BCUT2D eigenvalue weighted by atomic mass is 32.2. The van der Waals surface area contributed by atoms with E-state index in [1.54, 1.807) is 10.4 Å². The molecule has 2 saturated heterocycles. The van der Waals surface area contributed by atoms with Gasteiger partial charge in [-0.25, -0.2) is 12.8 Å². The van der Waals surface area contributed by atoms with E-state index in [0.717, 1.165) is 56.4 Å². The third kappa shape index (κ3) is 4.29. The number of sulfonamides is 1. The molecule has 0 unspecified atom stereocenters. The van der Waals surface area contributed by atoms with Gasteiger partial charge in [0, 0.05) is 30.4 Å². The lowest BCUT2D eigenvalue weighted by molar-refractivity contribution is 0.166. The minimum Gasteiger partial charge on any atom is -0.337 e. The van der Waals surface area contributed by atoms with Gasteiger partial charge in [0.25, 0.3) is 5.95 Å². The third-order valence-electron chi connectivity index (χ3n) is 6.84. The maximum atomic E-state index is 14.6. The summed E-state index contributed by atoms with van der Waals surface area (Å²) < 4.78 is 47.2. The Kier molecular flexibility index (Phi) is 5.96. The molecule has 9 nitrogen and oxygen atoms in total. The molecule has 0 N–H and O–H groups in total. The van der Waals surface area contributed by atoms with E-state index in [9.17, 15) is 12.8 Å². The zero-order valence-electron chi connectivity index (χ0n) is 18.9.